The Kier molecular flexibility index (Phi) is 6.52. The molecule has 5 heteroatoms. The molecule has 2 N–H and O–H groups in total. The first-order valence-electron chi connectivity index (χ1n) is 8.61. The Bertz CT molecular complexity index is 762. The topological polar surface area (TPSA) is 67.4 Å². The van der Waals surface area contributed by atoms with Gasteiger partial charge in [0.2, 0.25) is 0 Å². The van der Waals surface area contributed by atoms with E-state index in [2.05, 4.69) is 31.4 Å². The van der Waals surface area contributed by atoms with Gasteiger partial charge in [0.15, 0.2) is 0 Å². The first kappa shape index (κ1) is 19.7. The van der Waals surface area contributed by atoms with Gasteiger partial charge in [-0.25, -0.2) is 0 Å². The smallest absolute Gasteiger partial charge is 0.255 e. The quantitative estimate of drug-likeness (QED) is 0.779. The van der Waals surface area contributed by atoms with Crippen molar-refractivity contribution >= 4 is 17.5 Å². The molecule has 2 aromatic rings. The van der Waals surface area contributed by atoms with E-state index in [0.29, 0.717) is 30.0 Å². The molecule has 0 aromatic heterocycles. The third kappa shape index (κ3) is 5.17. The molecule has 2 amide bonds. The maximum absolute atomic E-state index is 12.5. The zero-order valence-corrected chi connectivity index (χ0v) is 15.8. The highest BCUT2D eigenvalue weighted by Gasteiger charge is 2.16. The summed E-state index contributed by atoms with van der Waals surface area (Å²) in [6.45, 7) is 7.22. The van der Waals surface area contributed by atoms with Crippen molar-refractivity contribution in [2.45, 2.75) is 26.2 Å². The van der Waals surface area contributed by atoms with Gasteiger partial charge >= 0.3 is 0 Å². The number of ether oxygens (including phenoxy) is 1. The fourth-order valence-corrected chi connectivity index (χ4v) is 2.47. The molecule has 2 rings (SSSR count). The Morgan fingerprint density at radius 3 is 2.23 bits per heavy atom. The molecule has 138 valence electrons. The van der Waals surface area contributed by atoms with E-state index in [0.717, 1.165) is 5.56 Å². The number of amides is 2. The van der Waals surface area contributed by atoms with Crippen LogP contribution in [0.3, 0.4) is 0 Å². The number of carbonyl (C=O) groups excluding carboxylic acids is 2. The van der Waals surface area contributed by atoms with Gasteiger partial charge in [-0.3, -0.25) is 9.59 Å². The number of methoxy groups -OCH3 is 1. The van der Waals surface area contributed by atoms with Crippen molar-refractivity contribution in [3.05, 3.63) is 65.2 Å². The normalized spacial score (nSPS) is 11.1. The van der Waals surface area contributed by atoms with Crippen molar-refractivity contribution in [2.75, 3.05) is 25.6 Å². The van der Waals surface area contributed by atoms with Gasteiger partial charge in [-0.1, -0.05) is 45.0 Å². The summed E-state index contributed by atoms with van der Waals surface area (Å²) in [5.41, 5.74) is 2.64. The maximum atomic E-state index is 12.5. The molecule has 2 aromatic carbocycles. The van der Waals surface area contributed by atoms with Crippen LogP contribution >= 0.6 is 0 Å². The molecule has 0 fully saturated rings. The Morgan fingerprint density at radius 2 is 1.62 bits per heavy atom. The average molecular weight is 354 g/mol. The third-order valence-electron chi connectivity index (χ3n) is 4.02. The number of rotatable bonds is 6. The lowest BCUT2D eigenvalue weighted by Gasteiger charge is -2.19. The van der Waals surface area contributed by atoms with Gasteiger partial charge in [0.1, 0.15) is 0 Å². The van der Waals surface area contributed by atoms with Crippen molar-refractivity contribution in [3.8, 4) is 0 Å². The van der Waals surface area contributed by atoms with E-state index in [1.54, 1.807) is 43.5 Å². The van der Waals surface area contributed by atoms with Gasteiger partial charge in [0.25, 0.3) is 11.8 Å². The standard InChI is InChI=1S/C21H26N2O3/c1-21(2,3)16-11-9-15(10-12-16)19(24)23-18-8-6-5-7-17(18)20(25)22-13-14-26-4/h5-12H,13-14H2,1-4H3,(H,22,25)(H,23,24). The summed E-state index contributed by atoms with van der Waals surface area (Å²) in [5, 5.41) is 5.59. The van der Waals surface area contributed by atoms with Crippen LogP contribution in [0.15, 0.2) is 48.5 Å². The van der Waals surface area contributed by atoms with Crippen LogP contribution in [0.4, 0.5) is 5.69 Å². The lowest BCUT2D eigenvalue weighted by Crippen LogP contribution is -2.28. The lowest BCUT2D eigenvalue weighted by atomic mass is 9.86. The SMILES string of the molecule is COCCNC(=O)c1ccccc1NC(=O)c1ccc(C(C)(C)C)cc1. The molecule has 0 aliphatic heterocycles. The summed E-state index contributed by atoms with van der Waals surface area (Å²) >= 11 is 0. The Balaban J connectivity index is 2.13. The Labute approximate surface area is 154 Å². The van der Waals surface area contributed by atoms with E-state index in [4.69, 9.17) is 4.74 Å². The van der Waals surface area contributed by atoms with Crippen LogP contribution in [-0.2, 0) is 10.2 Å². The third-order valence-corrected chi connectivity index (χ3v) is 4.02. The minimum Gasteiger partial charge on any atom is -0.383 e. The number of carbonyl (C=O) groups is 2. The molecule has 0 spiro atoms. The molecule has 0 bridgehead atoms. The molecule has 0 unspecified atom stereocenters. The number of hydrogen-bond donors (Lipinski definition) is 2. The summed E-state index contributed by atoms with van der Waals surface area (Å²) in [4.78, 5) is 24.8. The van der Waals surface area contributed by atoms with Crippen LogP contribution in [0, 0.1) is 0 Å². The van der Waals surface area contributed by atoms with Crippen LogP contribution in [0.5, 0.6) is 0 Å². The molecule has 5 nitrogen and oxygen atoms in total. The average Bonchev–Trinajstić information content (AvgIpc) is 2.61. The minimum absolute atomic E-state index is 0.0297. The van der Waals surface area contributed by atoms with E-state index in [9.17, 15) is 9.59 Å². The largest absolute Gasteiger partial charge is 0.383 e. The van der Waals surface area contributed by atoms with Gasteiger partial charge in [0.05, 0.1) is 17.9 Å². The summed E-state index contributed by atoms with van der Waals surface area (Å²) in [7, 11) is 1.57. The monoisotopic (exact) mass is 354 g/mol. The second-order valence-corrected chi connectivity index (χ2v) is 7.08. The molecule has 0 aliphatic rings. The first-order valence-corrected chi connectivity index (χ1v) is 8.61. The van der Waals surface area contributed by atoms with E-state index in [1.165, 1.54) is 0 Å². The summed E-state index contributed by atoms with van der Waals surface area (Å²) in [6.07, 6.45) is 0. The Morgan fingerprint density at radius 1 is 0.962 bits per heavy atom. The molecule has 0 atom stereocenters. The molecule has 0 saturated carbocycles. The molecule has 0 saturated heterocycles. The van der Waals surface area contributed by atoms with Crippen molar-refractivity contribution in [3.63, 3.8) is 0 Å². The molecule has 0 radical (unpaired) electrons. The zero-order chi connectivity index (χ0) is 19.2. The Hall–Kier alpha value is -2.66. The van der Waals surface area contributed by atoms with Gasteiger partial charge < -0.3 is 15.4 Å². The number of para-hydroxylation sites is 1. The second kappa shape index (κ2) is 8.63. The number of anilines is 1. The minimum atomic E-state index is -0.249. The van der Waals surface area contributed by atoms with Crippen molar-refractivity contribution in [1.82, 2.24) is 5.32 Å². The predicted octanol–water partition coefficient (Wildman–Crippen LogP) is 3.61. The first-order chi connectivity index (χ1) is 12.3. The molecule has 0 aliphatic carbocycles. The van der Waals surface area contributed by atoms with E-state index < -0.39 is 0 Å². The highest BCUT2D eigenvalue weighted by atomic mass is 16.5. The van der Waals surface area contributed by atoms with Crippen molar-refractivity contribution in [1.29, 1.82) is 0 Å². The van der Waals surface area contributed by atoms with Crippen LogP contribution in [0.2, 0.25) is 0 Å². The summed E-state index contributed by atoms with van der Waals surface area (Å²) in [5.74, 6) is -0.497. The van der Waals surface area contributed by atoms with Gasteiger partial charge in [0, 0.05) is 19.2 Å². The predicted molar refractivity (Wildman–Crippen MR) is 104 cm³/mol. The van der Waals surface area contributed by atoms with Crippen LogP contribution in [-0.4, -0.2) is 32.1 Å². The van der Waals surface area contributed by atoms with Crippen LogP contribution < -0.4 is 10.6 Å². The molecule has 26 heavy (non-hydrogen) atoms. The maximum Gasteiger partial charge on any atom is 0.255 e. The fraction of sp³-hybridized carbons (Fsp3) is 0.333. The van der Waals surface area contributed by atoms with E-state index >= 15 is 0 Å². The number of hydrogen-bond acceptors (Lipinski definition) is 3. The molecular weight excluding hydrogens is 328 g/mol. The molecular formula is C21H26N2O3. The highest BCUT2D eigenvalue weighted by Crippen LogP contribution is 2.23. The number of nitrogens with one attached hydrogen (secondary N) is 2. The lowest BCUT2D eigenvalue weighted by molar-refractivity contribution is 0.0938. The van der Waals surface area contributed by atoms with Gasteiger partial charge in [-0.15, -0.1) is 0 Å². The van der Waals surface area contributed by atoms with E-state index in [-0.39, 0.29) is 17.2 Å². The molecule has 0 heterocycles. The number of benzene rings is 2. The van der Waals surface area contributed by atoms with Crippen LogP contribution in [0.25, 0.3) is 0 Å². The van der Waals surface area contributed by atoms with Gasteiger partial charge in [-0.05, 0) is 35.2 Å². The fourth-order valence-electron chi connectivity index (χ4n) is 2.47. The van der Waals surface area contributed by atoms with Crippen molar-refractivity contribution in [2.24, 2.45) is 0 Å². The van der Waals surface area contributed by atoms with Crippen LogP contribution in [0.1, 0.15) is 47.1 Å². The summed E-state index contributed by atoms with van der Waals surface area (Å²) < 4.78 is 4.93. The highest BCUT2D eigenvalue weighted by molar-refractivity contribution is 6.09. The van der Waals surface area contributed by atoms with Gasteiger partial charge in [-0.2, -0.15) is 0 Å². The van der Waals surface area contributed by atoms with Crippen molar-refractivity contribution < 1.29 is 14.3 Å². The summed E-state index contributed by atoms with van der Waals surface area (Å²) in [6, 6.07) is 14.5. The van der Waals surface area contributed by atoms with E-state index in [1.807, 2.05) is 12.1 Å². The second-order valence-electron chi connectivity index (χ2n) is 7.08. The zero-order valence-electron chi connectivity index (χ0n) is 15.8.